The van der Waals surface area contributed by atoms with E-state index in [2.05, 4.69) is 39.9 Å². The molecule has 3 aromatic rings. The Hall–Kier alpha value is -3.16. The predicted molar refractivity (Wildman–Crippen MR) is 90.0 cm³/mol. The van der Waals surface area contributed by atoms with Gasteiger partial charge in [0, 0.05) is 17.1 Å². The molecule has 0 amide bonds. The molecule has 5 heterocycles. The number of aromatic nitrogens is 8. The Kier molecular flexibility index (Phi) is 3.72. The molecule has 2 aliphatic rings. The van der Waals surface area contributed by atoms with Crippen molar-refractivity contribution >= 4 is 46.9 Å². The van der Waals surface area contributed by atoms with Gasteiger partial charge in [-0.1, -0.05) is 0 Å². The second kappa shape index (κ2) is 6.04. The second-order valence-electron chi connectivity index (χ2n) is 5.23. The molecule has 0 saturated carbocycles. The summed E-state index contributed by atoms with van der Waals surface area (Å²) in [5.74, 6) is 2.33. The van der Waals surface area contributed by atoms with Crippen LogP contribution in [0.3, 0.4) is 0 Å². The standard InChI is InChI=1S/C16H10N8.Fe/c1-2-10-17-9(1)21-11-3-4-13(18-11)23-15-7-8-16(20-15)24-14-6-5-12(19-14)22-10;/h1-8H,(H2,17,18,19,20,21,22,23,24);. The molecule has 5 rings (SSSR count). The van der Waals surface area contributed by atoms with E-state index >= 15 is 0 Å². The number of hydrogen-bond acceptors (Lipinski definition) is 6. The number of nitrogens with one attached hydrogen (secondary N) is 2. The Labute approximate surface area is 151 Å². The van der Waals surface area contributed by atoms with Crippen molar-refractivity contribution in [2.24, 2.45) is 0 Å². The summed E-state index contributed by atoms with van der Waals surface area (Å²) in [4.78, 5) is 32.7. The van der Waals surface area contributed by atoms with Crippen LogP contribution in [0.5, 0.6) is 0 Å². The summed E-state index contributed by atoms with van der Waals surface area (Å²) in [5.41, 5.74) is 2.68. The van der Waals surface area contributed by atoms with E-state index < -0.39 is 0 Å². The minimum atomic E-state index is 0. The quantitative estimate of drug-likeness (QED) is 0.405. The van der Waals surface area contributed by atoms with Crippen LogP contribution in [0.2, 0.25) is 0 Å². The first-order chi connectivity index (χ1) is 11.8. The van der Waals surface area contributed by atoms with Crippen molar-refractivity contribution in [1.29, 1.82) is 0 Å². The Morgan fingerprint density at radius 2 is 0.720 bits per heavy atom. The summed E-state index contributed by atoms with van der Waals surface area (Å²) in [6, 6.07) is 7.36. The molecule has 25 heavy (non-hydrogen) atoms. The van der Waals surface area contributed by atoms with Crippen LogP contribution in [0.25, 0.3) is 46.9 Å². The smallest absolute Gasteiger partial charge is 0.156 e. The van der Waals surface area contributed by atoms with Crippen molar-refractivity contribution in [3.05, 3.63) is 47.6 Å². The fraction of sp³-hybridized carbons (Fsp3) is 0. The van der Waals surface area contributed by atoms with Crippen molar-refractivity contribution in [3.8, 4) is 0 Å². The first-order valence-corrected chi connectivity index (χ1v) is 7.33. The molecule has 0 atom stereocenters. The summed E-state index contributed by atoms with van der Waals surface area (Å²) in [5, 5.41) is 0. The number of rotatable bonds is 0. The first-order valence-electron chi connectivity index (χ1n) is 7.33. The van der Waals surface area contributed by atoms with Crippen LogP contribution in [-0.4, -0.2) is 39.9 Å². The van der Waals surface area contributed by atoms with E-state index in [4.69, 9.17) is 0 Å². The molecule has 0 saturated heterocycles. The van der Waals surface area contributed by atoms with Gasteiger partial charge in [-0.2, -0.15) is 0 Å². The average Bonchev–Trinajstić information content (AvgIpc) is 3.32. The topological polar surface area (TPSA) is 109 Å². The summed E-state index contributed by atoms with van der Waals surface area (Å²) in [6.45, 7) is 0. The van der Waals surface area contributed by atoms with Crippen LogP contribution in [0.1, 0.15) is 23.3 Å². The van der Waals surface area contributed by atoms with Crippen molar-refractivity contribution in [1.82, 2.24) is 39.9 Å². The van der Waals surface area contributed by atoms with Gasteiger partial charge in [-0.25, -0.2) is 29.9 Å². The number of fused-ring (bicyclic) bond motifs is 8. The molecule has 9 heteroatoms. The molecular weight excluding hydrogens is 360 g/mol. The van der Waals surface area contributed by atoms with Crippen molar-refractivity contribution < 1.29 is 17.1 Å². The molecule has 0 spiro atoms. The van der Waals surface area contributed by atoms with Gasteiger partial charge in [0.1, 0.15) is 22.6 Å². The summed E-state index contributed by atoms with van der Waals surface area (Å²) in [7, 11) is 0. The first kappa shape index (κ1) is 15.4. The summed E-state index contributed by atoms with van der Waals surface area (Å²) >= 11 is 0. The normalized spacial score (nSPS) is 12.2. The molecule has 0 aromatic carbocycles. The van der Waals surface area contributed by atoms with E-state index in [9.17, 15) is 0 Å². The molecule has 0 unspecified atom stereocenters. The summed E-state index contributed by atoms with van der Waals surface area (Å²) in [6.07, 6.45) is 7.25. The van der Waals surface area contributed by atoms with Gasteiger partial charge < -0.3 is 9.97 Å². The van der Waals surface area contributed by atoms with Crippen LogP contribution in [0.4, 0.5) is 0 Å². The Morgan fingerprint density at radius 3 is 1.00 bits per heavy atom. The van der Waals surface area contributed by atoms with Crippen molar-refractivity contribution in [3.63, 3.8) is 0 Å². The maximum absolute atomic E-state index is 4.43. The average molecular weight is 370 g/mol. The van der Waals surface area contributed by atoms with E-state index in [0.29, 0.717) is 45.9 Å². The van der Waals surface area contributed by atoms with E-state index in [-0.39, 0.29) is 17.1 Å². The third kappa shape index (κ3) is 3.10. The van der Waals surface area contributed by atoms with E-state index in [1.165, 1.54) is 0 Å². The van der Waals surface area contributed by atoms with Gasteiger partial charge in [-0.15, -0.1) is 0 Å². The maximum Gasteiger partial charge on any atom is 0.156 e. The molecule has 3 aromatic heterocycles. The van der Waals surface area contributed by atoms with Gasteiger partial charge in [-0.3, -0.25) is 0 Å². The SMILES string of the molecule is C1=Cc2nc1nc1ccc(nc3nc(nc4ccc(n2)[nH]4)C=C3)[nH]1.[Fe]. The molecule has 2 N–H and O–H groups in total. The monoisotopic (exact) mass is 370 g/mol. The van der Waals surface area contributed by atoms with Gasteiger partial charge in [0.25, 0.3) is 0 Å². The van der Waals surface area contributed by atoms with Gasteiger partial charge in [0.2, 0.25) is 0 Å². The molecule has 8 bridgehead atoms. The third-order valence-corrected chi connectivity index (χ3v) is 3.47. The molecular formula is C16H10FeN8. The molecule has 0 aliphatic carbocycles. The van der Waals surface area contributed by atoms with Gasteiger partial charge in [0.05, 0.1) is 0 Å². The molecule has 122 valence electrons. The molecule has 8 nitrogen and oxygen atoms in total. The van der Waals surface area contributed by atoms with Crippen molar-refractivity contribution in [2.75, 3.05) is 0 Å². The van der Waals surface area contributed by atoms with Crippen LogP contribution in [0.15, 0.2) is 24.3 Å². The van der Waals surface area contributed by atoms with Crippen LogP contribution in [-0.2, 0) is 17.1 Å². The Balaban J connectivity index is 0.00000157. The zero-order valence-corrected chi connectivity index (χ0v) is 13.8. The second-order valence-corrected chi connectivity index (χ2v) is 5.23. The fourth-order valence-corrected chi connectivity index (χ4v) is 2.43. The van der Waals surface area contributed by atoms with Crippen LogP contribution >= 0.6 is 0 Å². The Morgan fingerprint density at radius 1 is 0.440 bits per heavy atom. The number of aromatic amines is 2. The zero-order chi connectivity index (χ0) is 15.9. The molecule has 0 radical (unpaired) electrons. The third-order valence-electron chi connectivity index (χ3n) is 3.47. The van der Waals surface area contributed by atoms with Gasteiger partial charge in [-0.05, 0) is 48.6 Å². The Bertz CT molecular complexity index is 997. The van der Waals surface area contributed by atoms with Gasteiger partial charge >= 0.3 is 0 Å². The van der Waals surface area contributed by atoms with E-state index in [1.807, 2.05) is 48.6 Å². The summed E-state index contributed by atoms with van der Waals surface area (Å²) < 4.78 is 0. The zero-order valence-electron chi connectivity index (χ0n) is 12.7. The van der Waals surface area contributed by atoms with Crippen molar-refractivity contribution in [2.45, 2.75) is 0 Å². The predicted octanol–water partition coefficient (Wildman–Crippen LogP) is 2.23. The van der Waals surface area contributed by atoms with Crippen LogP contribution in [0, 0.1) is 0 Å². The minimum Gasteiger partial charge on any atom is -0.325 e. The van der Waals surface area contributed by atoms with Crippen LogP contribution < -0.4 is 0 Å². The molecule has 0 fully saturated rings. The number of nitrogens with zero attached hydrogens (tertiary/aromatic N) is 6. The van der Waals surface area contributed by atoms with Gasteiger partial charge in [0.15, 0.2) is 23.3 Å². The maximum atomic E-state index is 4.43. The fourth-order valence-electron chi connectivity index (χ4n) is 2.43. The number of H-pyrrole nitrogens is 2. The molecule has 2 aliphatic heterocycles. The minimum absolute atomic E-state index is 0. The number of hydrogen-bond donors (Lipinski definition) is 2. The van der Waals surface area contributed by atoms with E-state index in [0.717, 1.165) is 0 Å². The van der Waals surface area contributed by atoms with E-state index in [1.54, 1.807) is 0 Å². The largest absolute Gasteiger partial charge is 0.325 e.